The zero-order valence-electron chi connectivity index (χ0n) is 8.63. The fourth-order valence-electron chi connectivity index (χ4n) is 1.67. The lowest BCUT2D eigenvalue weighted by molar-refractivity contribution is -0.141. The monoisotopic (exact) mass is 184 g/mol. The Morgan fingerprint density at radius 2 is 1.92 bits per heavy atom. The van der Waals surface area contributed by atoms with Gasteiger partial charge in [-0.15, -0.1) is 0 Å². The van der Waals surface area contributed by atoms with Gasteiger partial charge in [0.15, 0.2) is 0 Å². The highest BCUT2D eigenvalue weighted by Crippen LogP contribution is 2.25. The molecule has 0 bridgehead atoms. The van der Waals surface area contributed by atoms with E-state index in [1.54, 1.807) is 11.9 Å². The quantitative estimate of drug-likeness (QED) is 0.608. The van der Waals surface area contributed by atoms with Gasteiger partial charge in [-0.05, 0) is 20.8 Å². The van der Waals surface area contributed by atoms with Crippen molar-refractivity contribution in [3.05, 3.63) is 0 Å². The van der Waals surface area contributed by atoms with Crippen LogP contribution in [0.2, 0.25) is 0 Å². The number of urea groups is 1. The second-order valence-corrected chi connectivity index (χ2v) is 4.07. The van der Waals surface area contributed by atoms with E-state index in [2.05, 4.69) is 0 Å². The third-order valence-electron chi connectivity index (χ3n) is 2.33. The molecular formula is C9H16N2O2. The van der Waals surface area contributed by atoms with Gasteiger partial charge in [-0.25, -0.2) is 4.79 Å². The summed E-state index contributed by atoms with van der Waals surface area (Å²) in [6.07, 6.45) is 0. The highest BCUT2D eigenvalue weighted by molar-refractivity contribution is 5.99. The van der Waals surface area contributed by atoms with E-state index in [1.165, 1.54) is 4.90 Å². The predicted octanol–water partition coefficient (Wildman–Crippen LogP) is 0.927. The maximum absolute atomic E-state index is 11.7. The van der Waals surface area contributed by atoms with Crippen molar-refractivity contribution in [3.8, 4) is 0 Å². The third kappa shape index (κ3) is 1.53. The number of rotatable bonds is 1. The molecule has 0 atom stereocenters. The fourth-order valence-corrected chi connectivity index (χ4v) is 1.67. The summed E-state index contributed by atoms with van der Waals surface area (Å²) in [6, 6.07) is -0.188. The molecule has 0 radical (unpaired) electrons. The molecule has 0 aromatic carbocycles. The summed E-state index contributed by atoms with van der Waals surface area (Å²) in [7, 11) is 1.72. The molecular weight excluding hydrogens is 168 g/mol. The summed E-state index contributed by atoms with van der Waals surface area (Å²) < 4.78 is 0. The minimum atomic E-state index is -0.446. The number of hydrogen-bond acceptors (Lipinski definition) is 2. The lowest BCUT2D eigenvalue weighted by atomic mass is 9.89. The lowest BCUT2D eigenvalue weighted by Gasteiger charge is -2.40. The van der Waals surface area contributed by atoms with Crippen LogP contribution in [0.15, 0.2) is 0 Å². The maximum atomic E-state index is 11.7. The number of imide groups is 1. The molecule has 1 aliphatic heterocycles. The highest BCUT2D eigenvalue weighted by Gasteiger charge is 2.42. The zero-order valence-corrected chi connectivity index (χ0v) is 8.63. The van der Waals surface area contributed by atoms with E-state index in [0.29, 0.717) is 13.1 Å². The summed E-state index contributed by atoms with van der Waals surface area (Å²) in [6.45, 7) is 6.49. The lowest BCUT2D eigenvalue weighted by Crippen LogP contribution is -2.58. The van der Waals surface area contributed by atoms with Crippen LogP contribution in [0.3, 0.4) is 0 Å². The van der Waals surface area contributed by atoms with Gasteiger partial charge in [-0.3, -0.25) is 9.69 Å². The average molecular weight is 184 g/mol. The molecule has 0 spiro atoms. The predicted molar refractivity (Wildman–Crippen MR) is 49.2 cm³/mol. The van der Waals surface area contributed by atoms with Gasteiger partial charge < -0.3 is 4.90 Å². The molecule has 0 aliphatic carbocycles. The number of hydrogen-bond donors (Lipinski definition) is 0. The topological polar surface area (TPSA) is 40.6 Å². The molecule has 1 aliphatic rings. The van der Waals surface area contributed by atoms with Crippen molar-refractivity contribution in [2.24, 2.45) is 5.41 Å². The molecule has 0 N–H and O–H groups in total. The number of amides is 3. The van der Waals surface area contributed by atoms with Crippen LogP contribution in [0, 0.1) is 5.41 Å². The van der Waals surface area contributed by atoms with Crippen LogP contribution < -0.4 is 0 Å². The minimum absolute atomic E-state index is 0.0712. The first kappa shape index (κ1) is 10.0. The van der Waals surface area contributed by atoms with Crippen molar-refractivity contribution in [2.45, 2.75) is 20.8 Å². The molecule has 1 rings (SSSR count). The van der Waals surface area contributed by atoms with Crippen LogP contribution in [0.1, 0.15) is 20.8 Å². The van der Waals surface area contributed by atoms with Crippen molar-refractivity contribution in [2.75, 3.05) is 20.1 Å². The van der Waals surface area contributed by atoms with Crippen molar-refractivity contribution in [1.29, 1.82) is 0 Å². The SMILES string of the molecule is CCN1C(=O)N(C)CC(C)(C)C1=O. The Labute approximate surface area is 78.5 Å². The summed E-state index contributed by atoms with van der Waals surface area (Å²) in [4.78, 5) is 26.1. The largest absolute Gasteiger partial charge is 0.326 e. The van der Waals surface area contributed by atoms with Gasteiger partial charge in [-0.1, -0.05) is 0 Å². The summed E-state index contributed by atoms with van der Waals surface area (Å²) in [5.74, 6) is -0.0712. The molecule has 74 valence electrons. The molecule has 0 aromatic rings. The molecule has 3 amide bonds. The maximum Gasteiger partial charge on any atom is 0.326 e. The molecule has 0 aromatic heterocycles. The van der Waals surface area contributed by atoms with Crippen LogP contribution in [0.25, 0.3) is 0 Å². The first-order valence-corrected chi connectivity index (χ1v) is 4.47. The van der Waals surface area contributed by atoms with Gasteiger partial charge in [0.2, 0.25) is 5.91 Å². The van der Waals surface area contributed by atoms with Crippen LogP contribution in [-0.4, -0.2) is 41.9 Å². The van der Waals surface area contributed by atoms with Gasteiger partial charge in [0.1, 0.15) is 0 Å². The zero-order chi connectivity index (χ0) is 10.2. The molecule has 0 unspecified atom stereocenters. The molecule has 0 saturated carbocycles. The van der Waals surface area contributed by atoms with E-state index in [9.17, 15) is 9.59 Å². The van der Waals surface area contributed by atoms with Crippen molar-refractivity contribution in [1.82, 2.24) is 9.80 Å². The van der Waals surface area contributed by atoms with Gasteiger partial charge >= 0.3 is 6.03 Å². The fraction of sp³-hybridized carbons (Fsp3) is 0.778. The molecule has 1 fully saturated rings. The summed E-state index contributed by atoms with van der Waals surface area (Å²) in [5, 5.41) is 0. The van der Waals surface area contributed by atoms with E-state index in [0.717, 1.165) is 0 Å². The smallest absolute Gasteiger partial charge is 0.326 e. The molecule has 13 heavy (non-hydrogen) atoms. The molecule has 4 heteroatoms. The molecule has 1 heterocycles. The number of nitrogens with zero attached hydrogens (tertiary/aromatic N) is 2. The normalized spacial score (nSPS) is 22.5. The Morgan fingerprint density at radius 3 is 2.38 bits per heavy atom. The average Bonchev–Trinajstić information content (AvgIpc) is 2.02. The Bertz CT molecular complexity index is 248. The molecule has 4 nitrogen and oxygen atoms in total. The van der Waals surface area contributed by atoms with Gasteiger partial charge in [-0.2, -0.15) is 0 Å². The van der Waals surface area contributed by atoms with Crippen molar-refractivity contribution >= 4 is 11.9 Å². The Kier molecular flexibility index (Phi) is 2.32. The highest BCUT2D eigenvalue weighted by atomic mass is 16.2. The minimum Gasteiger partial charge on any atom is -0.326 e. The van der Waals surface area contributed by atoms with E-state index >= 15 is 0 Å². The molecule has 1 saturated heterocycles. The third-order valence-corrected chi connectivity index (χ3v) is 2.33. The number of carbonyl (C=O) groups excluding carboxylic acids is 2. The van der Waals surface area contributed by atoms with Gasteiger partial charge in [0, 0.05) is 20.1 Å². The van der Waals surface area contributed by atoms with Crippen LogP contribution in [-0.2, 0) is 4.79 Å². The van der Waals surface area contributed by atoms with Gasteiger partial charge in [0.05, 0.1) is 5.41 Å². The summed E-state index contributed by atoms with van der Waals surface area (Å²) >= 11 is 0. The first-order valence-electron chi connectivity index (χ1n) is 4.47. The van der Waals surface area contributed by atoms with E-state index < -0.39 is 5.41 Å². The summed E-state index contributed by atoms with van der Waals surface area (Å²) in [5.41, 5.74) is -0.446. The first-order chi connectivity index (χ1) is 5.90. The van der Waals surface area contributed by atoms with Crippen LogP contribution >= 0.6 is 0 Å². The van der Waals surface area contributed by atoms with E-state index in [-0.39, 0.29) is 11.9 Å². The van der Waals surface area contributed by atoms with Crippen molar-refractivity contribution < 1.29 is 9.59 Å². The standard InChI is InChI=1S/C9H16N2O2/c1-5-11-7(12)9(2,3)6-10(4)8(11)13/h5-6H2,1-4H3. The Balaban J connectivity index is 2.95. The second kappa shape index (κ2) is 3.01. The Morgan fingerprint density at radius 1 is 1.38 bits per heavy atom. The Hall–Kier alpha value is -1.06. The van der Waals surface area contributed by atoms with Gasteiger partial charge in [0.25, 0.3) is 0 Å². The van der Waals surface area contributed by atoms with Crippen LogP contribution in [0.5, 0.6) is 0 Å². The van der Waals surface area contributed by atoms with Crippen molar-refractivity contribution in [3.63, 3.8) is 0 Å². The van der Waals surface area contributed by atoms with Crippen LogP contribution in [0.4, 0.5) is 4.79 Å². The second-order valence-electron chi connectivity index (χ2n) is 4.07. The number of carbonyl (C=O) groups is 2. The van der Waals surface area contributed by atoms with E-state index in [4.69, 9.17) is 0 Å². The van der Waals surface area contributed by atoms with E-state index in [1.807, 2.05) is 20.8 Å².